The van der Waals surface area contributed by atoms with Gasteiger partial charge in [0, 0.05) is 12.2 Å². The molecule has 1 unspecified atom stereocenters. The summed E-state index contributed by atoms with van der Waals surface area (Å²) >= 11 is 0. The number of rotatable bonds is 6. The zero-order valence-corrected chi connectivity index (χ0v) is 12.4. The normalized spacial score (nSPS) is 12.0. The monoisotopic (exact) mass is 296 g/mol. The highest BCUT2D eigenvalue weighted by molar-refractivity contribution is 5.89. The summed E-state index contributed by atoms with van der Waals surface area (Å²) in [5.74, 6) is -1.66. The molecule has 0 aromatic heterocycles. The highest BCUT2D eigenvalue weighted by atomic mass is 19.1. The molecule has 0 aliphatic carbocycles. The van der Waals surface area contributed by atoms with Gasteiger partial charge in [-0.2, -0.15) is 0 Å². The number of anilines is 1. The molecule has 3 N–H and O–H groups in total. The minimum atomic E-state index is -0.929. The van der Waals surface area contributed by atoms with Crippen LogP contribution in [-0.4, -0.2) is 23.7 Å². The van der Waals surface area contributed by atoms with Gasteiger partial charge in [0.05, 0.1) is 5.92 Å². The molecule has 0 aliphatic heterocycles. The van der Waals surface area contributed by atoms with E-state index in [-0.39, 0.29) is 18.3 Å². The van der Waals surface area contributed by atoms with Crippen LogP contribution in [0, 0.1) is 24.6 Å². The van der Waals surface area contributed by atoms with Gasteiger partial charge in [-0.15, -0.1) is 0 Å². The molecule has 0 bridgehead atoms. The number of carboxylic acids is 1. The molecule has 1 rings (SSSR count). The van der Waals surface area contributed by atoms with E-state index >= 15 is 0 Å². The molecular formula is C15H21FN2O3. The van der Waals surface area contributed by atoms with Gasteiger partial charge < -0.3 is 15.7 Å². The molecule has 6 heteroatoms. The van der Waals surface area contributed by atoms with E-state index in [9.17, 15) is 14.0 Å². The fraction of sp³-hybridized carbons (Fsp3) is 0.467. The van der Waals surface area contributed by atoms with Crippen LogP contribution in [0.2, 0.25) is 0 Å². The van der Waals surface area contributed by atoms with Crippen LogP contribution in [0.5, 0.6) is 0 Å². The summed E-state index contributed by atoms with van der Waals surface area (Å²) in [5.41, 5.74) is 0.887. The second-order valence-electron chi connectivity index (χ2n) is 5.46. The minimum Gasteiger partial charge on any atom is -0.481 e. The third-order valence-electron chi connectivity index (χ3n) is 3.03. The maximum absolute atomic E-state index is 13.1. The van der Waals surface area contributed by atoms with Gasteiger partial charge in [0.25, 0.3) is 0 Å². The Bertz CT molecular complexity index is 518. The van der Waals surface area contributed by atoms with E-state index in [1.807, 2.05) is 13.8 Å². The standard InChI is InChI=1S/C15H21FN2O3/c1-9(2)6-11(14(19)20)8-17-15(21)18-12-4-5-13(16)10(3)7-12/h4-5,7,9,11H,6,8H2,1-3H3,(H,19,20)(H2,17,18,21). The molecule has 1 aromatic carbocycles. The van der Waals surface area contributed by atoms with Crippen molar-refractivity contribution in [2.75, 3.05) is 11.9 Å². The number of carboxylic acid groups (broad SMARTS) is 1. The topological polar surface area (TPSA) is 78.4 Å². The van der Waals surface area contributed by atoms with Crippen molar-refractivity contribution in [1.29, 1.82) is 0 Å². The molecule has 0 radical (unpaired) electrons. The first-order valence-electron chi connectivity index (χ1n) is 6.83. The van der Waals surface area contributed by atoms with Crippen molar-refractivity contribution >= 4 is 17.7 Å². The average Bonchev–Trinajstić information content (AvgIpc) is 2.38. The van der Waals surface area contributed by atoms with Gasteiger partial charge in [-0.3, -0.25) is 4.79 Å². The molecule has 116 valence electrons. The van der Waals surface area contributed by atoms with Gasteiger partial charge in [0.15, 0.2) is 0 Å². The van der Waals surface area contributed by atoms with Crippen molar-refractivity contribution in [2.24, 2.45) is 11.8 Å². The van der Waals surface area contributed by atoms with Crippen LogP contribution in [-0.2, 0) is 4.79 Å². The quantitative estimate of drug-likeness (QED) is 0.755. The maximum Gasteiger partial charge on any atom is 0.319 e. The molecule has 0 fully saturated rings. The SMILES string of the molecule is Cc1cc(NC(=O)NCC(CC(C)C)C(=O)O)ccc1F. The van der Waals surface area contributed by atoms with Gasteiger partial charge in [-0.25, -0.2) is 9.18 Å². The number of carbonyl (C=O) groups is 2. The van der Waals surface area contributed by atoms with Gasteiger partial charge in [-0.1, -0.05) is 13.8 Å². The lowest BCUT2D eigenvalue weighted by atomic mass is 9.97. The summed E-state index contributed by atoms with van der Waals surface area (Å²) in [6.45, 7) is 5.51. The summed E-state index contributed by atoms with van der Waals surface area (Å²) in [5, 5.41) is 14.2. The van der Waals surface area contributed by atoms with Crippen molar-refractivity contribution in [2.45, 2.75) is 27.2 Å². The number of aliphatic carboxylic acids is 1. The Hall–Kier alpha value is -2.11. The Morgan fingerprint density at radius 2 is 2.00 bits per heavy atom. The number of amides is 2. The Kier molecular flexibility index (Phi) is 6.14. The van der Waals surface area contributed by atoms with E-state index in [0.29, 0.717) is 17.7 Å². The summed E-state index contributed by atoms with van der Waals surface area (Å²) in [6.07, 6.45) is 0.491. The van der Waals surface area contributed by atoms with Gasteiger partial charge in [-0.05, 0) is 43.0 Å². The molecule has 5 nitrogen and oxygen atoms in total. The second kappa shape index (κ2) is 7.61. The Morgan fingerprint density at radius 3 is 2.52 bits per heavy atom. The third-order valence-corrected chi connectivity index (χ3v) is 3.03. The fourth-order valence-corrected chi connectivity index (χ4v) is 1.95. The van der Waals surface area contributed by atoms with Crippen LogP contribution >= 0.6 is 0 Å². The first kappa shape index (κ1) is 16.9. The van der Waals surface area contributed by atoms with E-state index in [4.69, 9.17) is 5.11 Å². The van der Waals surface area contributed by atoms with Crippen molar-refractivity contribution in [3.05, 3.63) is 29.6 Å². The second-order valence-corrected chi connectivity index (χ2v) is 5.46. The predicted molar refractivity (Wildman–Crippen MR) is 78.7 cm³/mol. The molecule has 0 aliphatic rings. The van der Waals surface area contributed by atoms with Crippen LogP contribution < -0.4 is 10.6 Å². The first-order chi connectivity index (χ1) is 9.79. The van der Waals surface area contributed by atoms with Crippen LogP contribution in [0.25, 0.3) is 0 Å². The van der Waals surface area contributed by atoms with Crippen molar-refractivity contribution in [3.8, 4) is 0 Å². The zero-order valence-electron chi connectivity index (χ0n) is 12.4. The summed E-state index contributed by atoms with van der Waals surface area (Å²) < 4.78 is 13.1. The molecule has 0 saturated heterocycles. The molecule has 1 atom stereocenters. The van der Waals surface area contributed by atoms with Crippen LogP contribution in [0.3, 0.4) is 0 Å². The third kappa shape index (κ3) is 5.81. The first-order valence-corrected chi connectivity index (χ1v) is 6.83. The minimum absolute atomic E-state index is 0.0551. The molecule has 0 spiro atoms. The lowest BCUT2D eigenvalue weighted by Crippen LogP contribution is -2.36. The smallest absolute Gasteiger partial charge is 0.319 e. The van der Waals surface area contributed by atoms with Crippen LogP contribution in [0.15, 0.2) is 18.2 Å². The Balaban J connectivity index is 2.52. The summed E-state index contributed by atoms with van der Waals surface area (Å²) in [7, 11) is 0. The number of carbonyl (C=O) groups excluding carboxylic acids is 1. The van der Waals surface area contributed by atoms with Crippen molar-refractivity contribution in [3.63, 3.8) is 0 Å². The average molecular weight is 296 g/mol. The van der Waals surface area contributed by atoms with E-state index in [1.54, 1.807) is 6.92 Å². The molecule has 0 saturated carbocycles. The van der Waals surface area contributed by atoms with Gasteiger partial charge >= 0.3 is 12.0 Å². The lowest BCUT2D eigenvalue weighted by Gasteiger charge is -2.15. The van der Waals surface area contributed by atoms with Crippen molar-refractivity contribution in [1.82, 2.24) is 5.32 Å². The molecule has 21 heavy (non-hydrogen) atoms. The number of aryl methyl sites for hydroxylation is 1. The van der Waals surface area contributed by atoms with Gasteiger partial charge in [0.1, 0.15) is 5.82 Å². The summed E-state index contributed by atoms with van der Waals surface area (Å²) in [6, 6.07) is 3.72. The zero-order chi connectivity index (χ0) is 16.0. The van der Waals surface area contributed by atoms with E-state index in [0.717, 1.165) is 0 Å². The molecular weight excluding hydrogens is 275 g/mol. The largest absolute Gasteiger partial charge is 0.481 e. The summed E-state index contributed by atoms with van der Waals surface area (Å²) in [4.78, 5) is 22.8. The van der Waals surface area contributed by atoms with Crippen molar-refractivity contribution < 1.29 is 19.1 Å². The van der Waals surface area contributed by atoms with E-state index in [1.165, 1.54) is 18.2 Å². The highest BCUT2D eigenvalue weighted by Gasteiger charge is 2.19. The number of urea groups is 1. The molecule has 2 amide bonds. The van der Waals surface area contributed by atoms with Gasteiger partial charge in [0.2, 0.25) is 0 Å². The predicted octanol–water partition coefficient (Wildman–Crippen LogP) is 3.00. The van der Waals surface area contributed by atoms with E-state index < -0.39 is 17.9 Å². The number of nitrogens with one attached hydrogen (secondary N) is 2. The number of halogens is 1. The Morgan fingerprint density at radius 1 is 1.33 bits per heavy atom. The Labute approximate surface area is 123 Å². The van der Waals surface area contributed by atoms with Crippen LogP contribution in [0.4, 0.5) is 14.9 Å². The molecule has 0 heterocycles. The van der Waals surface area contributed by atoms with E-state index in [2.05, 4.69) is 10.6 Å². The number of hydrogen-bond acceptors (Lipinski definition) is 2. The highest BCUT2D eigenvalue weighted by Crippen LogP contribution is 2.14. The molecule has 1 aromatic rings. The number of hydrogen-bond donors (Lipinski definition) is 3. The number of benzene rings is 1. The maximum atomic E-state index is 13.1. The fourth-order valence-electron chi connectivity index (χ4n) is 1.95. The lowest BCUT2D eigenvalue weighted by molar-refractivity contribution is -0.142. The van der Waals surface area contributed by atoms with Crippen LogP contribution in [0.1, 0.15) is 25.8 Å².